The van der Waals surface area contributed by atoms with E-state index in [0.29, 0.717) is 11.8 Å². The highest BCUT2D eigenvalue weighted by Gasteiger charge is 2.24. The number of nitrogen functional groups attached to an aromatic ring is 1. The van der Waals surface area contributed by atoms with Gasteiger partial charge in [0.05, 0.1) is 18.9 Å². The Hall–Kier alpha value is -1.38. The molecule has 70 valence electrons. The molecule has 0 spiro atoms. The largest absolute Gasteiger partial charge is 0.497 e. The van der Waals surface area contributed by atoms with E-state index in [1.54, 1.807) is 13.2 Å². The van der Waals surface area contributed by atoms with Gasteiger partial charge in [0.15, 0.2) is 0 Å². The molecule has 0 radical (unpaired) electrons. The Morgan fingerprint density at radius 1 is 1.38 bits per heavy atom. The quantitative estimate of drug-likeness (QED) is 0.720. The average molecular weight is 179 g/mol. The van der Waals surface area contributed by atoms with Crippen molar-refractivity contribution < 1.29 is 9.47 Å². The fraction of sp³-hybridized carbons (Fsp3) is 0.400. The maximum atomic E-state index is 5.77. The third kappa shape index (κ3) is 1.86. The zero-order valence-corrected chi connectivity index (χ0v) is 7.62. The summed E-state index contributed by atoms with van der Waals surface area (Å²) in [4.78, 5) is 0. The summed E-state index contributed by atoms with van der Waals surface area (Å²) in [5, 5.41) is 0. The Bertz CT molecular complexity index is 308. The molecule has 0 heterocycles. The molecule has 1 aliphatic rings. The summed E-state index contributed by atoms with van der Waals surface area (Å²) in [6, 6.07) is 5.48. The van der Waals surface area contributed by atoms with Crippen LogP contribution in [0.2, 0.25) is 0 Å². The Kier molecular flexibility index (Phi) is 2.00. The smallest absolute Gasteiger partial charge is 0.142 e. The van der Waals surface area contributed by atoms with E-state index in [1.165, 1.54) is 0 Å². The number of benzene rings is 1. The lowest BCUT2D eigenvalue weighted by atomic mass is 10.3. The number of methoxy groups -OCH3 is 1. The molecule has 0 unspecified atom stereocenters. The minimum Gasteiger partial charge on any atom is -0.497 e. The SMILES string of the molecule is COc1ccc(OC2CC2)c(N)c1. The molecule has 0 aromatic heterocycles. The number of hydrogen-bond acceptors (Lipinski definition) is 3. The van der Waals surface area contributed by atoms with E-state index in [0.717, 1.165) is 24.3 Å². The highest BCUT2D eigenvalue weighted by atomic mass is 16.5. The highest BCUT2D eigenvalue weighted by Crippen LogP contribution is 2.32. The van der Waals surface area contributed by atoms with Gasteiger partial charge in [0, 0.05) is 6.07 Å². The lowest BCUT2D eigenvalue weighted by Gasteiger charge is -2.08. The van der Waals surface area contributed by atoms with Gasteiger partial charge in [0.1, 0.15) is 11.5 Å². The van der Waals surface area contributed by atoms with Crippen LogP contribution < -0.4 is 15.2 Å². The lowest BCUT2D eigenvalue weighted by molar-refractivity contribution is 0.304. The first-order valence-electron chi connectivity index (χ1n) is 4.40. The molecule has 1 fully saturated rings. The van der Waals surface area contributed by atoms with Crippen LogP contribution >= 0.6 is 0 Å². The van der Waals surface area contributed by atoms with Crippen LogP contribution in [0.1, 0.15) is 12.8 Å². The van der Waals surface area contributed by atoms with Crippen LogP contribution in [0.25, 0.3) is 0 Å². The number of anilines is 1. The van der Waals surface area contributed by atoms with Gasteiger partial charge >= 0.3 is 0 Å². The minimum atomic E-state index is 0.385. The fourth-order valence-corrected chi connectivity index (χ4v) is 1.13. The van der Waals surface area contributed by atoms with Gasteiger partial charge in [-0.15, -0.1) is 0 Å². The number of rotatable bonds is 3. The Morgan fingerprint density at radius 3 is 2.69 bits per heavy atom. The number of ether oxygens (including phenoxy) is 2. The predicted octanol–water partition coefficient (Wildman–Crippen LogP) is 1.82. The maximum Gasteiger partial charge on any atom is 0.142 e. The Balaban J connectivity index is 2.15. The van der Waals surface area contributed by atoms with E-state index in [1.807, 2.05) is 12.1 Å². The second-order valence-electron chi connectivity index (χ2n) is 3.22. The molecule has 2 rings (SSSR count). The molecule has 0 aliphatic heterocycles. The van der Waals surface area contributed by atoms with Crippen molar-refractivity contribution >= 4 is 5.69 Å². The van der Waals surface area contributed by atoms with Gasteiger partial charge in [-0.1, -0.05) is 0 Å². The van der Waals surface area contributed by atoms with Crippen LogP contribution in [0.15, 0.2) is 18.2 Å². The summed E-state index contributed by atoms with van der Waals surface area (Å²) < 4.78 is 10.6. The summed E-state index contributed by atoms with van der Waals surface area (Å²) in [6.45, 7) is 0. The van der Waals surface area contributed by atoms with E-state index in [2.05, 4.69) is 0 Å². The van der Waals surface area contributed by atoms with E-state index >= 15 is 0 Å². The van der Waals surface area contributed by atoms with Crippen LogP contribution in [0.4, 0.5) is 5.69 Å². The molecular formula is C10H13NO2. The molecule has 2 N–H and O–H groups in total. The van der Waals surface area contributed by atoms with Crippen LogP contribution in [-0.2, 0) is 0 Å². The number of nitrogens with two attached hydrogens (primary N) is 1. The molecular weight excluding hydrogens is 166 g/mol. The van der Waals surface area contributed by atoms with Gasteiger partial charge in [-0.2, -0.15) is 0 Å². The van der Waals surface area contributed by atoms with E-state index < -0.39 is 0 Å². The monoisotopic (exact) mass is 179 g/mol. The highest BCUT2D eigenvalue weighted by molar-refractivity contribution is 5.56. The van der Waals surface area contributed by atoms with Crippen molar-refractivity contribution in [2.24, 2.45) is 0 Å². The first kappa shape index (κ1) is 8.23. The van der Waals surface area contributed by atoms with Crippen molar-refractivity contribution in [3.05, 3.63) is 18.2 Å². The van der Waals surface area contributed by atoms with Gasteiger partial charge in [0.2, 0.25) is 0 Å². The van der Waals surface area contributed by atoms with Gasteiger partial charge in [-0.05, 0) is 25.0 Å². The first-order chi connectivity index (χ1) is 6.29. The summed E-state index contributed by atoms with van der Waals surface area (Å²) >= 11 is 0. The summed E-state index contributed by atoms with van der Waals surface area (Å²) in [5.74, 6) is 1.53. The minimum absolute atomic E-state index is 0.385. The first-order valence-corrected chi connectivity index (χ1v) is 4.40. The van der Waals surface area contributed by atoms with E-state index in [9.17, 15) is 0 Å². The predicted molar refractivity (Wildman–Crippen MR) is 51.1 cm³/mol. The van der Waals surface area contributed by atoms with Crippen LogP contribution in [-0.4, -0.2) is 13.2 Å². The molecule has 0 atom stereocenters. The molecule has 1 aromatic carbocycles. The van der Waals surface area contributed by atoms with Crippen molar-refractivity contribution in [1.29, 1.82) is 0 Å². The summed E-state index contributed by atoms with van der Waals surface area (Å²) in [5.41, 5.74) is 6.41. The van der Waals surface area contributed by atoms with E-state index in [4.69, 9.17) is 15.2 Å². The second-order valence-corrected chi connectivity index (χ2v) is 3.22. The van der Waals surface area contributed by atoms with Crippen LogP contribution in [0.5, 0.6) is 11.5 Å². The molecule has 13 heavy (non-hydrogen) atoms. The Morgan fingerprint density at radius 2 is 2.15 bits per heavy atom. The third-order valence-electron chi connectivity index (χ3n) is 2.03. The average Bonchev–Trinajstić information content (AvgIpc) is 2.92. The molecule has 0 amide bonds. The molecule has 1 saturated carbocycles. The second kappa shape index (κ2) is 3.17. The topological polar surface area (TPSA) is 44.5 Å². The normalized spacial score (nSPS) is 15.5. The number of hydrogen-bond donors (Lipinski definition) is 1. The molecule has 3 nitrogen and oxygen atoms in total. The maximum absolute atomic E-state index is 5.77. The van der Waals surface area contributed by atoms with Gasteiger partial charge in [-0.3, -0.25) is 0 Å². The fourth-order valence-electron chi connectivity index (χ4n) is 1.13. The van der Waals surface area contributed by atoms with E-state index in [-0.39, 0.29) is 0 Å². The van der Waals surface area contributed by atoms with Gasteiger partial charge in [-0.25, -0.2) is 0 Å². The van der Waals surface area contributed by atoms with Gasteiger partial charge in [0.25, 0.3) is 0 Å². The van der Waals surface area contributed by atoms with Crippen molar-refractivity contribution in [3.63, 3.8) is 0 Å². The molecule has 0 saturated heterocycles. The standard InChI is InChI=1S/C10H13NO2/c1-12-8-4-5-10(9(11)6-8)13-7-2-3-7/h4-7H,2-3,11H2,1H3. The van der Waals surface area contributed by atoms with Crippen molar-refractivity contribution in [3.8, 4) is 11.5 Å². The van der Waals surface area contributed by atoms with Crippen LogP contribution in [0, 0.1) is 0 Å². The molecule has 3 heteroatoms. The molecule has 0 bridgehead atoms. The van der Waals surface area contributed by atoms with Crippen molar-refractivity contribution in [2.75, 3.05) is 12.8 Å². The summed E-state index contributed by atoms with van der Waals surface area (Å²) in [6.07, 6.45) is 2.67. The summed E-state index contributed by atoms with van der Waals surface area (Å²) in [7, 11) is 1.62. The lowest BCUT2D eigenvalue weighted by Crippen LogP contribution is -1.99. The van der Waals surface area contributed by atoms with Crippen molar-refractivity contribution in [1.82, 2.24) is 0 Å². The molecule has 1 aromatic rings. The third-order valence-corrected chi connectivity index (χ3v) is 2.03. The van der Waals surface area contributed by atoms with Gasteiger partial charge < -0.3 is 15.2 Å². The van der Waals surface area contributed by atoms with Crippen LogP contribution in [0.3, 0.4) is 0 Å². The zero-order chi connectivity index (χ0) is 9.26. The van der Waals surface area contributed by atoms with Crippen molar-refractivity contribution in [2.45, 2.75) is 18.9 Å². The zero-order valence-electron chi connectivity index (χ0n) is 7.62. The molecule has 1 aliphatic carbocycles. The Labute approximate surface area is 77.5 Å².